The Morgan fingerprint density at radius 1 is 1.06 bits per heavy atom. The van der Waals surface area contributed by atoms with Gasteiger partial charge in [-0.15, -0.1) is 0 Å². The number of aliphatic hydroxyl groups excluding tert-OH is 1. The maximum atomic E-state index is 9.88. The highest BCUT2D eigenvalue weighted by Gasteiger charge is 2.05. The zero-order valence-electron chi connectivity index (χ0n) is 10.7. The van der Waals surface area contributed by atoms with Gasteiger partial charge in [0.1, 0.15) is 0 Å². The molecule has 0 saturated heterocycles. The summed E-state index contributed by atoms with van der Waals surface area (Å²) in [5.74, 6) is 0.742. The molecule has 1 N–H and O–H groups in total. The monoisotopic (exact) mass is 220 g/mol. The van der Waals surface area contributed by atoms with Gasteiger partial charge in [-0.1, -0.05) is 56.5 Å². The number of hydrogen-bond acceptors (Lipinski definition) is 1. The molecule has 16 heavy (non-hydrogen) atoms. The molecule has 1 heteroatoms. The van der Waals surface area contributed by atoms with Crippen LogP contribution in [0.2, 0.25) is 0 Å². The third-order valence-electron chi connectivity index (χ3n) is 2.91. The van der Waals surface area contributed by atoms with Gasteiger partial charge in [-0.05, 0) is 31.2 Å². The van der Waals surface area contributed by atoms with E-state index >= 15 is 0 Å². The fraction of sp³-hybridized carbons (Fsp3) is 0.600. The van der Waals surface area contributed by atoms with Crippen LogP contribution in [0, 0.1) is 12.8 Å². The summed E-state index contributed by atoms with van der Waals surface area (Å²) in [4.78, 5) is 0. The smallest absolute Gasteiger partial charge is 0.0580 e. The topological polar surface area (TPSA) is 20.2 Å². The van der Waals surface area contributed by atoms with E-state index in [1.165, 1.54) is 17.5 Å². The molecule has 0 bridgehead atoms. The van der Waals surface area contributed by atoms with Crippen molar-refractivity contribution < 1.29 is 5.11 Å². The highest BCUT2D eigenvalue weighted by atomic mass is 16.3. The predicted molar refractivity (Wildman–Crippen MR) is 69.6 cm³/mol. The van der Waals surface area contributed by atoms with Crippen LogP contribution in [0.15, 0.2) is 24.3 Å². The third-order valence-corrected chi connectivity index (χ3v) is 2.91. The first-order chi connectivity index (χ1) is 7.58. The van der Waals surface area contributed by atoms with Crippen LogP contribution in [0.1, 0.15) is 44.2 Å². The molecule has 0 aliphatic rings. The van der Waals surface area contributed by atoms with E-state index in [0.717, 1.165) is 25.2 Å². The Labute approximate surface area is 99.5 Å². The molecule has 0 aliphatic carbocycles. The van der Waals surface area contributed by atoms with Gasteiger partial charge in [0.15, 0.2) is 0 Å². The minimum absolute atomic E-state index is 0.179. The second kappa shape index (κ2) is 6.70. The van der Waals surface area contributed by atoms with E-state index in [2.05, 4.69) is 45.0 Å². The SMILES string of the molecule is Cc1ccc(CC(O)CCCC(C)C)cc1. The third kappa shape index (κ3) is 5.32. The van der Waals surface area contributed by atoms with Gasteiger partial charge >= 0.3 is 0 Å². The Morgan fingerprint density at radius 3 is 2.25 bits per heavy atom. The van der Waals surface area contributed by atoms with Crippen LogP contribution in [0.4, 0.5) is 0 Å². The Morgan fingerprint density at radius 2 is 1.69 bits per heavy atom. The molecule has 0 radical (unpaired) electrons. The number of hydrogen-bond donors (Lipinski definition) is 1. The molecule has 1 aromatic carbocycles. The van der Waals surface area contributed by atoms with Gasteiger partial charge in [0, 0.05) is 0 Å². The molecule has 0 aliphatic heterocycles. The summed E-state index contributed by atoms with van der Waals surface area (Å²) in [6.45, 7) is 6.54. The van der Waals surface area contributed by atoms with Gasteiger partial charge in [0.25, 0.3) is 0 Å². The van der Waals surface area contributed by atoms with E-state index in [1.807, 2.05) is 0 Å². The molecule has 1 unspecified atom stereocenters. The molecule has 1 atom stereocenters. The lowest BCUT2D eigenvalue weighted by molar-refractivity contribution is 0.159. The molecule has 90 valence electrons. The normalized spacial score (nSPS) is 13.1. The second-order valence-electron chi connectivity index (χ2n) is 5.17. The Balaban J connectivity index is 2.28. The summed E-state index contributed by atoms with van der Waals surface area (Å²) < 4.78 is 0. The lowest BCUT2D eigenvalue weighted by Crippen LogP contribution is -2.10. The van der Waals surface area contributed by atoms with E-state index in [4.69, 9.17) is 0 Å². The zero-order valence-corrected chi connectivity index (χ0v) is 10.7. The summed E-state index contributed by atoms with van der Waals surface area (Å²) in [6.07, 6.45) is 3.88. The number of aliphatic hydroxyl groups is 1. The Bertz CT molecular complexity index is 287. The average Bonchev–Trinajstić information content (AvgIpc) is 2.21. The minimum Gasteiger partial charge on any atom is -0.393 e. The van der Waals surface area contributed by atoms with Crippen LogP contribution in [-0.4, -0.2) is 11.2 Å². The van der Waals surface area contributed by atoms with Crippen LogP contribution >= 0.6 is 0 Å². The molecule has 0 saturated carbocycles. The summed E-state index contributed by atoms with van der Waals surface area (Å²) in [6, 6.07) is 8.44. The summed E-state index contributed by atoms with van der Waals surface area (Å²) in [7, 11) is 0. The second-order valence-corrected chi connectivity index (χ2v) is 5.17. The van der Waals surface area contributed by atoms with Crippen molar-refractivity contribution in [3.8, 4) is 0 Å². The lowest BCUT2D eigenvalue weighted by Gasteiger charge is -2.11. The first-order valence-corrected chi connectivity index (χ1v) is 6.31. The summed E-state index contributed by atoms with van der Waals surface area (Å²) in [5, 5.41) is 9.88. The van der Waals surface area contributed by atoms with Crippen LogP contribution in [0.3, 0.4) is 0 Å². The van der Waals surface area contributed by atoms with Crippen molar-refractivity contribution in [2.45, 2.75) is 52.6 Å². The van der Waals surface area contributed by atoms with Crippen molar-refractivity contribution in [1.29, 1.82) is 0 Å². The van der Waals surface area contributed by atoms with Crippen LogP contribution < -0.4 is 0 Å². The molecular formula is C15H24O. The van der Waals surface area contributed by atoms with Crippen LogP contribution in [0.5, 0.6) is 0 Å². The fourth-order valence-corrected chi connectivity index (χ4v) is 1.86. The van der Waals surface area contributed by atoms with Crippen molar-refractivity contribution >= 4 is 0 Å². The van der Waals surface area contributed by atoms with E-state index in [-0.39, 0.29) is 6.10 Å². The van der Waals surface area contributed by atoms with Crippen molar-refractivity contribution in [1.82, 2.24) is 0 Å². The van der Waals surface area contributed by atoms with E-state index < -0.39 is 0 Å². The van der Waals surface area contributed by atoms with Crippen molar-refractivity contribution in [3.63, 3.8) is 0 Å². The van der Waals surface area contributed by atoms with Gasteiger partial charge in [-0.25, -0.2) is 0 Å². The van der Waals surface area contributed by atoms with Crippen molar-refractivity contribution in [2.24, 2.45) is 5.92 Å². The van der Waals surface area contributed by atoms with Crippen molar-refractivity contribution in [3.05, 3.63) is 35.4 Å². The van der Waals surface area contributed by atoms with Gasteiger partial charge in [-0.3, -0.25) is 0 Å². The number of benzene rings is 1. The molecule has 1 rings (SSSR count). The van der Waals surface area contributed by atoms with Crippen LogP contribution in [0.25, 0.3) is 0 Å². The molecule has 0 spiro atoms. The molecule has 0 aromatic heterocycles. The van der Waals surface area contributed by atoms with Gasteiger partial charge in [0.2, 0.25) is 0 Å². The molecule has 1 nitrogen and oxygen atoms in total. The lowest BCUT2D eigenvalue weighted by atomic mass is 10.00. The Kier molecular flexibility index (Phi) is 5.54. The molecule has 1 aromatic rings. The minimum atomic E-state index is -0.179. The largest absolute Gasteiger partial charge is 0.393 e. The van der Waals surface area contributed by atoms with Crippen molar-refractivity contribution in [2.75, 3.05) is 0 Å². The number of rotatable bonds is 6. The van der Waals surface area contributed by atoms with E-state index in [1.54, 1.807) is 0 Å². The highest BCUT2D eigenvalue weighted by Crippen LogP contribution is 2.12. The fourth-order valence-electron chi connectivity index (χ4n) is 1.86. The first kappa shape index (κ1) is 13.2. The molecule has 0 fully saturated rings. The quantitative estimate of drug-likeness (QED) is 0.774. The molecular weight excluding hydrogens is 196 g/mol. The highest BCUT2D eigenvalue weighted by molar-refractivity contribution is 5.21. The summed E-state index contributed by atoms with van der Waals surface area (Å²) >= 11 is 0. The summed E-state index contributed by atoms with van der Waals surface area (Å²) in [5.41, 5.74) is 2.51. The average molecular weight is 220 g/mol. The standard InChI is InChI=1S/C15H24O/c1-12(2)5-4-6-15(16)11-14-9-7-13(3)8-10-14/h7-10,12,15-16H,4-6,11H2,1-3H3. The Hall–Kier alpha value is -0.820. The van der Waals surface area contributed by atoms with Crippen LogP contribution in [-0.2, 0) is 6.42 Å². The maximum Gasteiger partial charge on any atom is 0.0580 e. The first-order valence-electron chi connectivity index (χ1n) is 6.31. The van der Waals surface area contributed by atoms with E-state index in [0.29, 0.717) is 0 Å². The zero-order chi connectivity index (χ0) is 12.0. The predicted octanol–water partition coefficient (Wildman–Crippen LogP) is 3.72. The molecule has 0 amide bonds. The number of aryl methyl sites for hydroxylation is 1. The van der Waals surface area contributed by atoms with Gasteiger partial charge in [-0.2, -0.15) is 0 Å². The molecule has 0 heterocycles. The van der Waals surface area contributed by atoms with E-state index in [9.17, 15) is 5.11 Å². The maximum absolute atomic E-state index is 9.88. The van der Waals surface area contributed by atoms with Gasteiger partial charge < -0.3 is 5.11 Å². The van der Waals surface area contributed by atoms with Gasteiger partial charge in [0.05, 0.1) is 6.10 Å².